The Hall–Kier alpha value is -3.97. The van der Waals surface area contributed by atoms with E-state index in [1.165, 1.54) is 22.5 Å². The lowest BCUT2D eigenvalue weighted by Gasteiger charge is -2.26. The molecule has 0 spiro atoms. The van der Waals surface area contributed by atoms with Crippen molar-refractivity contribution >= 4 is 23.4 Å². The Morgan fingerprint density at radius 1 is 1.07 bits per heavy atom. The highest BCUT2D eigenvalue weighted by Crippen LogP contribution is 2.33. The average Bonchev–Trinajstić information content (AvgIpc) is 3.42. The molecule has 4 aromatic rings. The Bertz CT molecular complexity index is 1850. The Balaban J connectivity index is 1.72. The number of hydrogen-bond acceptors (Lipinski definition) is 5. The Morgan fingerprint density at radius 3 is 2.45 bits per heavy atom. The smallest absolute Gasteiger partial charge is 0.338 e. The molecule has 0 amide bonds. The predicted octanol–water partition coefficient (Wildman–Crippen LogP) is 6.42. The molecule has 42 heavy (non-hydrogen) atoms. The number of ether oxygens (including phenoxy) is 1. The zero-order chi connectivity index (χ0) is 30.1. The van der Waals surface area contributed by atoms with Crippen LogP contribution in [0, 0.1) is 20.8 Å². The number of allylic oxidation sites excluding steroid dienone is 1. The molecule has 0 N–H and O–H groups in total. The van der Waals surface area contributed by atoms with E-state index in [-0.39, 0.29) is 12.2 Å². The lowest BCUT2D eigenvalue weighted by Crippen LogP contribution is -2.40. The second-order valence-electron chi connectivity index (χ2n) is 11.2. The summed E-state index contributed by atoms with van der Waals surface area (Å²) >= 11 is 1.37. The molecule has 7 heteroatoms. The summed E-state index contributed by atoms with van der Waals surface area (Å²) < 4.78 is 10.0. The summed E-state index contributed by atoms with van der Waals surface area (Å²) in [6.45, 7) is 14.7. The molecule has 6 nitrogen and oxygen atoms in total. The maximum absolute atomic E-state index is 14.2. The van der Waals surface area contributed by atoms with E-state index in [1.54, 1.807) is 11.5 Å². The first-order valence-electron chi connectivity index (χ1n) is 14.7. The van der Waals surface area contributed by atoms with Gasteiger partial charge in [0.2, 0.25) is 0 Å². The highest BCUT2D eigenvalue weighted by molar-refractivity contribution is 7.07. The number of rotatable bonds is 8. The molecule has 1 atom stereocenters. The summed E-state index contributed by atoms with van der Waals surface area (Å²) in [6, 6.07) is 18.1. The first-order chi connectivity index (χ1) is 20.1. The highest BCUT2D eigenvalue weighted by atomic mass is 32.1. The number of esters is 1. The topological polar surface area (TPSA) is 65.6 Å². The molecule has 2 aromatic heterocycles. The lowest BCUT2D eigenvalue weighted by molar-refractivity contribution is -0.139. The van der Waals surface area contributed by atoms with Gasteiger partial charge in [-0.2, -0.15) is 0 Å². The van der Waals surface area contributed by atoms with Gasteiger partial charge in [-0.25, -0.2) is 9.79 Å². The van der Waals surface area contributed by atoms with Crippen LogP contribution in [0.1, 0.15) is 86.1 Å². The van der Waals surface area contributed by atoms with Crippen LogP contribution in [-0.4, -0.2) is 21.7 Å². The third-order valence-electron chi connectivity index (χ3n) is 7.83. The number of fused-ring (bicyclic) bond motifs is 1. The van der Waals surface area contributed by atoms with Gasteiger partial charge in [-0.1, -0.05) is 74.9 Å². The van der Waals surface area contributed by atoms with Crippen molar-refractivity contribution < 1.29 is 9.53 Å². The number of benzene rings is 2. The third kappa shape index (κ3) is 5.45. The second kappa shape index (κ2) is 12.1. The average molecular weight is 582 g/mol. The van der Waals surface area contributed by atoms with Crippen LogP contribution in [0.2, 0.25) is 0 Å². The fraction of sp³-hybridized carbons (Fsp3) is 0.343. The minimum Gasteiger partial charge on any atom is -0.463 e. The highest BCUT2D eigenvalue weighted by Gasteiger charge is 2.34. The molecule has 1 aliphatic heterocycles. The summed E-state index contributed by atoms with van der Waals surface area (Å²) in [5.41, 5.74) is 8.48. The summed E-state index contributed by atoms with van der Waals surface area (Å²) in [6.07, 6.45) is 3.41. The number of carbonyl (C=O) groups excluding carboxylic acids is 1. The molecule has 0 saturated heterocycles. The molecule has 0 radical (unpaired) electrons. The first-order valence-corrected chi connectivity index (χ1v) is 15.5. The van der Waals surface area contributed by atoms with Gasteiger partial charge in [0.25, 0.3) is 5.56 Å². The molecule has 2 aromatic carbocycles. The van der Waals surface area contributed by atoms with E-state index in [4.69, 9.17) is 9.73 Å². The van der Waals surface area contributed by atoms with E-state index in [1.807, 2.05) is 18.2 Å². The van der Waals surface area contributed by atoms with E-state index in [9.17, 15) is 9.59 Å². The van der Waals surface area contributed by atoms with Gasteiger partial charge in [-0.3, -0.25) is 9.36 Å². The SMILES string of the molecule is CCCC1=C(C(=O)OCC)[C@@H](c2ccc(C(C)C)cc2)n2c(s/c(=C/c3cc(C)n(-c4cccc(C)c4)c3C)c2=O)=N1. The molecule has 218 valence electrons. The number of nitrogens with zero attached hydrogens (tertiary/aromatic N) is 3. The molecular weight excluding hydrogens is 542 g/mol. The molecular formula is C35H39N3O3S. The lowest BCUT2D eigenvalue weighted by atomic mass is 9.92. The molecule has 3 heterocycles. The Kier molecular flexibility index (Phi) is 8.50. The normalized spacial score (nSPS) is 15.2. The van der Waals surface area contributed by atoms with Crippen LogP contribution in [0.5, 0.6) is 0 Å². The van der Waals surface area contributed by atoms with Gasteiger partial charge in [-0.05, 0) is 86.6 Å². The minimum absolute atomic E-state index is 0.158. The van der Waals surface area contributed by atoms with Gasteiger partial charge in [0, 0.05) is 17.1 Å². The van der Waals surface area contributed by atoms with E-state index in [2.05, 4.69) is 88.6 Å². The van der Waals surface area contributed by atoms with Crippen LogP contribution in [0.25, 0.3) is 11.8 Å². The van der Waals surface area contributed by atoms with Crippen molar-refractivity contribution in [3.63, 3.8) is 0 Å². The van der Waals surface area contributed by atoms with Crippen LogP contribution < -0.4 is 14.9 Å². The summed E-state index contributed by atoms with van der Waals surface area (Å²) in [7, 11) is 0. The summed E-state index contributed by atoms with van der Waals surface area (Å²) in [5.74, 6) is -0.0471. The van der Waals surface area contributed by atoms with Crippen molar-refractivity contribution in [2.45, 2.75) is 73.3 Å². The van der Waals surface area contributed by atoms with Crippen molar-refractivity contribution in [3.05, 3.63) is 119 Å². The molecule has 0 fully saturated rings. The van der Waals surface area contributed by atoms with Gasteiger partial charge < -0.3 is 9.30 Å². The molecule has 0 saturated carbocycles. The van der Waals surface area contributed by atoms with Gasteiger partial charge in [0.1, 0.15) is 0 Å². The number of aromatic nitrogens is 2. The quantitative estimate of drug-likeness (QED) is 0.226. The number of hydrogen-bond donors (Lipinski definition) is 0. The molecule has 5 rings (SSSR count). The van der Waals surface area contributed by atoms with Gasteiger partial charge >= 0.3 is 5.97 Å². The monoisotopic (exact) mass is 581 g/mol. The van der Waals surface area contributed by atoms with E-state index in [0.29, 0.717) is 32.9 Å². The largest absolute Gasteiger partial charge is 0.463 e. The van der Waals surface area contributed by atoms with Crippen molar-refractivity contribution in [3.8, 4) is 5.69 Å². The predicted molar refractivity (Wildman–Crippen MR) is 170 cm³/mol. The molecule has 0 aliphatic carbocycles. The van der Waals surface area contributed by atoms with Gasteiger partial charge in [0.05, 0.1) is 28.5 Å². The first kappa shape index (κ1) is 29.5. The van der Waals surface area contributed by atoms with Crippen LogP contribution in [0.15, 0.2) is 75.7 Å². The molecule has 0 unspecified atom stereocenters. The fourth-order valence-corrected chi connectivity index (χ4v) is 6.75. The summed E-state index contributed by atoms with van der Waals surface area (Å²) in [5, 5.41) is 0. The summed E-state index contributed by atoms with van der Waals surface area (Å²) in [4.78, 5) is 33.1. The Labute approximate surface area is 251 Å². The number of thiazole rings is 1. The minimum atomic E-state index is -0.607. The van der Waals surface area contributed by atoms with Crippen LogP contribution in [0.4, 0.5) is 0 Å². The van der Waals surface area contributed by atoms with Crippen molar-refractivity contribution in [1.82, 2.24) is 9.13 Å². The van der Waals surface area contributed by atoms with Crippen molar-refractivity contribution in [2.24, 2.45) is 4.99 Å². The van der Waals surface area contributed by atoms with E-state index in [0.717, 1.165) is 34.6 Å². The van der Waals surface area contributed by atoms with Crippen LogP contribution in [0.3, 0.4) is 0 Å². The molecule has 0 bridgehead atoms. The van der Waals surface area contributed by atoms with Crippen molar-refractivity contribution in [1.29, 1.82) is 0 Å². The second-order valence-corrected chi connectivity index (χ2v) is 12.2. The zero-order valence-corrected chi connectivity index (χ0v) is 26.3. The Morgan fingerprint density at radius 2 is 1.81 bits per heavy atom. The number of aryl methyl sites for hydroxylation is 2. The van der Waals surface area contributed by atoms with E-state index < -0.39 is 12.0 Å². The van der Waals surface area contributed by atoms with E-state index >= 15 is 0 Å². The number of carbonyl (C=O) groups is 1. The fourth-order valence-electron chi connectivity index (χ4n) is 5.74. The van der Waals surface area contributed by atoms with Gasteiger partial charge in [0.15, 0.2) is 4.80 Å². The standard InChI is InChI=1S/C35H39N3O3S/c1-8-11-29-31(34(40)41-9-2)32(26-16-14-25(15-17-26)21(3)4)38-33(39)30(42-35(38)36-29)20-27-19-23(6)37(24(27)7)28-13-10-12-22(5)18-28/h10,12-21,32H,8-9,11H2,1-7H3/b30-20+/t32-/m1/s1. The third-order valence-corrected chi connectivity index (χ3v) is 8.81. The molecule has 1 aliphatic rings. The van der Waals surface area contributed by atoms with Gasteiger partial charge in [-0.15, -0.1) is 0 Å². The maximum atomic E-state index is 14.2. The maximum Gasteiger partial charge on any atom is 0.338 e. The zero-order valence-electron chi connectivity index (χ0n) is 25.5. The van der Waals surface area contributed by atoms with Crippen LogP contribution in [-0.2, 0) is 9.53 Å². The van der Waals surface area contributed by atoms with Crippen LogP contribution >= 0.6 is 11.3 Å². The van der Waals surface area contributed by atoms with Crippen molar-refractivity contribution in [2.75, 3.05) is 6.61 Å².